The number of methoxy groups -OCH3 is 1. The normalized spacial score (nSPS) is 12.8. The minimum absolute atomic E-state index is 0.598. The van der Waals surface area contributed by atoms with Crippen molar-refractivity contribution in [2.24, 2.45) is 11.8 Å². The first kappa shape index (κ1) is 38.4. The molecular formula is C35H70O2. The number of hydrogen-bond acceptors (Lipinski definition) is 2. The van der Waals surface area contributed by atoms with Crippen molar-refractivity contribution in [3.63, 3.8) is 0 Å². The van der Waals surface area contributed by atoms with Crippen molar-refractivity contribution in [3.05, 3.63) is 12.3 Å². The summed E-state index contributed by atoms with van der Waals surface area (Å²) in [6.07, 6.45) is 39.4. The fraction of sp³-hybridized carbons (Fsp3) is 0.914. The van der Waals surface area contributed by atoms with E-state index in [0.717, 1.165) is 12.7 Å². The average Bonchev–Trinajstić information content (AvgIpc) is 2.89. The van der Waals surface area contributed by atoms with Crippen LogP contribution in [0.15, 0.2) is 12.3 Å². The number of carbonyl (C=O) groups is 1. The lowest BCUT2D eigenvalue weighted by Crippen LogP contribution is -1.95. The van der Waals surface area contributed by atoms with Crippen LogP contribution in [0.2, 0.25) is 0 Å². The molecule has 0 aliphatic rings. The summed E-state index contributed by atoms with van der Waals surface area (Å²) in [6.45, 7) is 9.01. The molecule has 0 aliphatic carbocycles. The van der Waals surface area contributed by atoms with E-state index in [1.807, 2.05) is 6.26 Å². The van der Waals surface area contributed by atoms with Crippen molar-refractivity contribution >= 4 is 6.29 Å². The summed E-state index contributed by atoms with van der Waals surface area (Å²) in [6, 6.07) is 0. The Balaban J connectivity index is 0. The van der Waals surface area contributed by atoms with Crippen LogP contribution in [-0.4, -0.2) is 13.4 Å². The van der Waals surface area contributed by atoms with E-state index in [-0.39, 0.29) is 0 Å². The van der Waals surface area contributed by atoms with E-state index < -0.39 is 0 Å². The highest BCUT2D eigenvalue weighted by Crippen LogP contribution is 2.16. The van der Waals surface area contributed by atoms with Crippen molar-refractivity contribution in [1.82, 2.24) is 0 Å². The molecule has 0 radical (unpaired) electrons. The van der Waals surface area contributed by atoms with Crippen LogP contribution in [-0.2, 0) is 9.53 Å². The van der Waals surface area contributed by atoms with E-state index in [4.69, 9.17) is 4.74 Å². The zero-order chi connectivity index (χ0) is 27.7. The molecule has 2 nitrogen and oxygen atoms in total. The van der Waals surface area contributed by atoms with E-state index in [0.29, 0.717) is 11.8 Å². The lowest BCUT2D eigenvalue weighted by atomic mass is 9.99. The number of carbonyl (C=O) groups excluding carboxylic acids is 1. The maximum absolute atomic E-state index is 10.3. The SMILES string of the molecule is CCCCCCCCCCCCC[C@@H](C)/C=C/OC.CCCCCCCCCCCCC[C@@H](C)CC=O. The molecule has 0 bridgehead atoms. The Morgan fingerprint density at radius 2 is 0.892 bits per heavy atom. The quantitative estimate of drug-likeness (QED) is 0.0580. The lowest BCUT2D eigenvalue weighted by molar-refractivity contribution is -0.108. The molecule has 0 saturated heterocycles. The molecule has 222 valence electrons. The minimum atomic E-state index is 0.598. The van der Waals surface area contributed by atoms with Crippen LogP contribution in [0.4, 0.5) is 0 Å². The van der Waals surface area contributed by atoms with Gasteiger partial charge in [-0.1, -0.05) is 175 Å². The molecule has 0 N–H and O–H groups in total. The van der Waals surface area contributed by atoms with Crippen LogP contribution < -0.4 is 0 Å². The Hall–Kier alpha value is -0.790. The first-order valence-corrected chi connectivity index (χ1v) is 16.7. The first-order chi connectivity index (χ1) is 18.1. The Kier molecular flexibility index (Phi) is 36.5. The van der Waals surface area contributed by atoms with Gasteiger partial charge in [0.05, 0.1) is 13.4 Å². The highest BCUT2D eigenvalue weighted by Gasteiger charge is 2.00. The van der Waals surface area contributed by atoms with Gasteiger partial charge in [-0.05, 0) is 24.3 Å². The third kappa shape index (κ3) is 37.4. The van der Waals surface area contributed by atoms with Gasteiger partial charge in [0, 0.05) is 6.42 Å². The number of aldehydes is 1. The lowest BCUT2D eigenvalue weighted by Gasteiger charge is -2.06. The van der Waals surface area contributed by atoms with Gasteiger partial charge in [0.25, 0.3) is 0 Å². The van der Waals surface area contributed by atoms with Crippen LogP contribution >= 0.6 is 0 Å². The molecule has 2 atom stereocenters. The predicted octanol–water partition coefficient (Wildman–Crippen LogP) is 12.4. The average molecular weight is 523 g/mol. The van der Waals surface area contributed by atoms with Crippen LogP contribution in [0.25, 0.3) is 0 Å². The van der Waals surface area contributed by atoms with Crippen LogP contribution in [0.5, 0.6) is 0 Å². The van der Waals surface area contributed by atoms with Gasteiger partial charge in [-0.25, -0.2) is 0 Å². The van der Waals surface area contributed by atoms with Gasteiger partial charge in [0.15, 0.2) is 0 Å². The van der Waals surface area contributed by atoms with Crippen molar-refractivity contribution < 1.29 is 9.53 Å². The summed E-state index contributed by atoms with van der Waals surface area (Å²) in [4.78, 5) is 10.3. The smallest absolute Gasteiger partial charge is 0.120 e. The van der Waals surface area contributed by atoms with E-state index >= 15 is 0 Å². The monoisotopic (exact) mass is 523 g/mol. The Morgan fingerprint density at radius 1 is 0.541 bits per heavy atom. The van der Waals surface area contributed by atoms with E-state index in [1.54, 1.807) is 7.11 Å². The minimum Gasteiger partial charge on any atom is -0.505 e. The predicted molar refractivity (Wildman–Crippen MR) is 167 cm³/mol. The molecular weight excluding hydrogens is 452 g/mol. The Morgan fingerprint density at radius 3 is 1.24 bits per heavy atom. The van der Waals surface area contributed by atoms with Crippen LogP contribution in [0.1, 0.15) is 188 Å². The topological polar surface area (TPSA) is 26.3 Å². The zero-order valence-electron chi connectivity index (χ0n) is 26.4. The number of ether oxygens (including phenoxy) is 1. The molecule has 0 heterocycles. The van der Waals surface area contributed by atoms with Crippen molar-refractivity contribution in [1.29, 1.82) is 0 Å². The number of unbranched alkanes of at least 4 members (excludes halogenated alkanes) is 20. The van der Waals surface area contributed by atoms with Gasteiger partial charge in [-0.15, -0.1) is 0 Å². The van der Waals surface area contributed by atoms with Gasteiger partial charge < -0.3 is 9.53 Å². The van der Waals surface area contributed by atoms with Gasteiger partial charge in [-0.2, -0.15) is 0 Å². The summed E-state index contributed by atoms with van der Waals surface area (Å²) in [5, 5.41) is 0. The zero-order valence-corrected chi connectivity index (χ0v) is 26.4. The molecule has 0 amide bonds. The van der Waals surface area contributed by atoms with Crippen LogP contribution in [0.3, 0.4) is 0 Å². The molecule has 0 saturated carbocycles. The standard InChI is InChI=1S/C18H36O.C17H34O/c1-4-5-6-7-8-9-10-11-12-13-14-15-18(2)16-17-19-3;1-3-4-5-6-7-8-9-10-11-12-13-14-17(2)15-16-18/h16-18H,4-15H2,1-3H3;16-17H,3-15H2,1-2H3/b17-16+;/t18-;17-/m11/s1. The molecule has 0 aromatic rings. The van der Waals surface area contributed by atoms with E-state index in [1.165, 1.54) is 154 Å². The Labute approximate surface area is 235 Å². The molecule has 0 spiro atoms. The number of allylic oxidation sites excluding steroid dienone is 1. The van der Waals surface area contributed by atoms with E-state index in [9.17, 15) is 4.79 Å². The van der Waals surface area contributed by atoms with Crippen molar-refractivity contribution in [2.45, 2.75) is 188 Å². The maximum Gasteiger partial charge on any atom is 0.120 e. The van der Waals surface area contributed by atoms with Gasteiger partial charge in [0.2, 0.25) is 0 Å². The van der Waals surface area contributed by atoms with Gasteiger partial charge in [0.1, 0.15) is 6.29 Å². The number of hydrogen-bond donors (Lipinski definition) is 0. The van der Waals surface area contributed by atoms with Crippen molar-refractivity contribution in [3.8, 4) is 0 Å². The second-order valence-electron chi connectivity index (χ2n) is 11.7. The molecule has 0 aromatic heterocycles. The maximum atomic E-state index is 10.3. The molecule has 2 heteroatoms. The molecule has 0 aromatic carbocycles. The summed E-state index contributed by atoms with van der Waals surface area (Å²) >= 11 is 0. The van der Waals surface area contributed by atoms with Crippen molar-refractivity contribution in [2.75, 3.05) is 7.11 Å². The molecule has 0 rings (SSSR count). The molecule has 0 unspecified atom stereocenters. The fourth-order valence-corrected chi connectivity index (χ4v) is 4.88. The summed E-state index contributed by atoms with van der Waals surface area (Å²) in [5.41, 5.74) is 0. The molecule has 0 fully saturated rings. The van der Waals surface area contributed by atoms with Gasteiger partial charge in [-0.3, -0.25) is 0 Å². The summed E-state index contributed by atoms with van der Waals surface area (Å²) < 4.78 is 4.94. The third-order valence-electron chi connectivity index (χ3n) is 7.61. The third-order valence-corrected chi connectivity index (χ3v) is 7.61. The van der Waals surface area contributed by atoms with Crippen LogP contribution in [0, 0.1) is 11.8 Å². The molecule has 37 heavy (non-hydrogen) atoms. The fourth-order valence-electron chi connectivity index (χ4n) is 4.88. The first-order valence-electron chi connectivity index (χ1n) is 16.7. The summed E-state index contributed by atoms with van der Waals surface area (Å²) in [5.74, 6) is 1.26. The Bertz CT molecular complexity index is 431. The second kappa shape index (κ2) is 35.2. The molecule has 0 aliphatic heterocycles. The van der Waals surface area contributed by atoms with E-state index in [2.05, 4.69) is 33.8 Å². The highest BCUT2D eigenvalue weighted by atomic mass is 16.5. The number of rotatable bonds is 28. The largest absolute Gasteiger partial charge is 0.505 e. The second-order valence-corrected chi connectivity index (χ2v) is 11.7. The summed E-state index contributed by atoms with van der Waals surface area (Å²) in [7, 11) is 1.71. The van der Waals surface area contributed by atoms with Gasteiger partial charge >= 0.3 is 0 Å². The highest BCUT2D eigenvalue weighted by molar-refractivity contribution is 5.49.